The van der Waals surface area contributed by atoms with Gasteiger partial charge in [0.15, 0.2) is 0 Å². The summed E-state index contributed by atoms with van der Waals surface area (Å²) < 4.78 is 25.8. The lowest BCUT2D eigenvalue weighted by atomic mass is 9.94. The van der Waals surface area contributed by atoms with Crippen LogP contribution in [-0.2, 0) is 30.4 Å². The highest BCUT2D eigenvalue weighted by atomic mass is 19.1. The minimum absolute atomic E-state index is 0.0927. The number of benzene rings is 3. The third-order valence-corrected chi connectivity index (χ3v) is 13.6. The molecule has 4 rings (SSSR count). The third-order valence-electron chi connectivity index (χ3n) is 13.6. The number of carbonyl (C=O) groups excluding carboxylic acids is 3. The zero-order valence-corrected chi connectivity index (χ0v) is 55.2. The van der Waals surface area contributed by atoms with E-state index in [2.05, 4.69) is 147 Å². The molecule has 0 bridgehead atoms. The van der Waals surface area contributed by atoms with Gasteiger partial charge >= 0.3 is 17.9 Å². The van der Waals surface area contributed by atoms with Gasteiger partial charge in [0.1, 0.15) is 5.82 Å². The summed E-state index contributed by atoms with van der Waals surface area (Å²) in [6.45, 7) is 13.2. The number of carboxylic acids is 1. The number of para-hydroxylation sites is 1. The molecule has 11 nitrogen and oxygen atoms in total. The van der Waals surface area contributed by atoms with E-state index in [0.29, 0.717) is 54.1 Å². The Bertz CT molecular complexity index is 2960. The average Bonchev–Trinajstić information content (AvgIpc) is 1.63. The lowest BCUT2D eigenvalue weighted by Crippen LogP contribution is -2.22. The lowest BCUT2D eigenvalue weighted by molar-refractivity contribution is -0.144. The Morgan fingerprint density at radius 1 is 0.516 bits per heavy atom. The molecule has 3 aromatic carbocycles. The number of carbonyl (C=O) groups is 4. The number of unbranched alkanes of at least 4 members (excludes halogenated alkanes) is 1. The number of aliphatic carboxylic acids is 1. The number of ether oxygens (including phenoxy) is 2. The summed E-state index contributed by atoms with van der Waals surface area (Å²) in [5.74, 6) is -2.15. The molecule has 0 radical (unpaired) electrons. The zero-order chi connectivity index (χ0) is 66.4. The summed E-state index contributed by atoms with van der Waals surface area (Å²) in [6.07, 6.45) is 60.1. The third kappa shape index (κ3) is 38.2. The molecule has 1 aromatic heterocycles. The number of amides is 1. The van der Waals surface area contributed by atoms with Crippen molar-refractivity contribution in [3.63, 3.8) is 0 Å². The van der Waals surface area contributed by atoms with Gasteiger partial charge < -0.3 is 34.7 Å². The number of aliphatic hydroxyl groups is 2. The largest absolute Gasteiger partial charge is 0.481 e. The molecule has 0 unspecified atom stereocenters. The van der Waals surface area contributed by atoms with Crippen LogP contribution in [0.15, 0.2) is 219 Å². The number of hydrogen-bond donors (Lipinski definition) is 4. The second-order valence-electron chi connectivity index (χ2n) is 21.6. The van der Waals surface area contributed by atoms with E-state index in [1.807, 2.05) is 99.0 Å². The molecule has 4 aromatic rings. The molecule has 0 saturated carbocycles. The second kappa shape index (κ2) is 52.6. The molecule has 0 fully saturated rings. The van der Waals surface area contributed by atoms with Gasteiger partial charge in [-0.2, -0.15) is 0 Å². The van der Waals surface area contributed by atoms with Gasteiger partial charge in [0.2, 0.25) is 0 Å². The van der Waals surface area contributed by atoms with E-state index in [1.165, 1.54) is 12.1 Å². The van der Waals surface area contributed by atoms with Crippen molar-refractivity contribution in [3.05, 3.63) is 236 Å². The summed E-state index contributed by atoms with van der Waals surface area (Å²) in [5.41, 5.74) is 4.77. The minimum Gasteiger partial charge on any atom is -0.481 e. The van der Waals surface area contributed by atoms with Crippen LogP contribution in [0, 0.1) is 5.82 Å². The van der Waals surface area contributed by atoms with Crippen molar-refractivity contribution >= 4 is 29.5 Å². The van der Waals surface area contributed by atoms with Crippen molar-refractivity contribution in [2.45, 2.75) is 188 Å². The molecule has 0 spiro atoms. The molecule has 0 saturated heterocycles. The summed E-state index contributed by atoms with van der Waals surface area (Å²) >= 11 is 0. The van der Waals surface area contributed by atoms with Crippen LogP contribution < -0.4 is 5.32 Å². The Kier molecular flexibility index (Phi) is 45.6. The molecule has 2 atom stereocenters. The van der Waals surface area contributed by atoms with Crippen LogP contribution in [0.2, 0.25) is 0 Å². The van der Waals surface area contributed by atoms with E-state index < -0.39 is 24.6 Å². The normalized spacial score (nSPS) is 12.7. The van der Waals surface area contributed by atoms with Crippen molar-refractivity contribution in [2.24, 2.45) is 0 Å². The number of nitrogens with zero attached hydrogens (tertiary/aromatic N) is 1. The predicted octanol–water partition coefficient (Wildman–Crippen LogP) is 19.8. The van der Waals surface area contributed by atoms with Crippen LogP contribution in [0.4, 0.5) is 10.1 Å². The standard InChI is InChI=1S/C33H35FN2O5.C24H36O2.C22H34O2/c1-21(2)31-30(33(41)35-25-11-7-4-8-12-25)29(22-9-5-3-6-10-22)32(23-13-15-24(34)16-14-23)36(31)18-17-26(37)19-27(38)20-28(39)40;1-3-5-6-7-8-9-10-11-12-13-14-15-16-17-18-19-20-21-22-23-24(25)26-4-2;1-3-5-6-7-8-9-10-11-12-13-14-15-16-17-18-19-20-21-22(23)24-4-2/h3-16,21,26-27,37-38H,17-20H2,1-2H3,(H,35,41)(H,39,40);5-6,8-9,11-12,14-15,17-18,20-21H,3-4,7,10,13,16,19,22-23H2,1-2H3;5-6,8-9,11-12,14-15,17-18H,3-4,7,10,13,16,19-21H2,1-2H3/b;6-5-,9-8-,12-11-,15-14-,18-17-,21-20-;6-5-,9-8-,12-11-,15-14-,18-17-/t26-,27-;;/m1../s1. The van der Waals surface area contributed by atoms with Crippen LogP contribution in [0.3, 0.4) is 0 Å². The summed E-state index contributed by atoms with van der Waals surface area (Å²) in [5, 5.41) is 32.8. The van der Waals surface area contributed by atoms with E-state index in [0.717, 1.165) is 101 Å². The van der Waals surface area contributed by atoms with E-state index in [1.54, 1.807) is 12.1 Å². The monoisotopic (exact) mass is 1240 g/mol. The summed E-state index contributed by atoms with van der Waals surface area (Å²) in [7, 11) is 0. The second-order valence-corrected chi connectivity index (χ2v) is 21.6. The molecular formula is C79H105FN2O9. The number of halogens is 1. The smallest absolute Gasteiger partial charge is 0.306 e. The quantitative estimate of drug-likeness (QED) is 0.0192. The van der Waals surface area contributed by atoms with Crippen LogP contribution in [-0.4, -0.2) is 69.1 Å². The highest BCUT2D eigenvalue weighted by molar-refractivity contribution is 6.12. The molecule has 0 aliphatic heterocycles. The first-order valence-electron chi connectivity index (χ1n) is 32.8. The SMILES string of the molecule is CC(C)c1c(C(=O)Nc2ccccc2)c(-c2ccccc2)c(-c2ccc(F)cc2)n1CC[C@@H](O)C[C@@H](O)CC(=O)O.CC/C=C\C/C=C\C/C=C\C/C=C\C/C=C\C/C=C\CCC(=O)OCC.CC/C=C\C/C=C\C/C=C\C/C=C\C/C=C\CCCC(=O)OCC. The van der Waals surface area contributed by atoms with Gasteiger partial charge in [-0.15, -0.1) is 0 Å². The Hall–Kier alpha value is -8.19. The van der Waals surface area contributed by atoms with Crippen molar-refractivity contribution in [1.29, 1.82) is 0 Å². The first-order chi connectivity index (χ1) is 44.3. The van der Waals surface area contributed by atoms with Crippen molar-refractivity contribution in [3.8, 4) is 22.4 Å². The van der Waals surface area contributed by atoms with Crippen molar-refractivity contribution in [2.75, 3.05) is 18.5 Å². The topological polar surface area (TPSA) is 164 Å². The first kappa shape index (κ1) is 78.9. The number of aromatic nitrogens is 1. The van der Waals surface area contributed by atoms with Gasteiger partial charge in [-0.05, 0) is 170 Å². The maximum Gasteiger partial charge on any atom is 0.306 e. The van der Waals surface area contributed by atoms with Gasteiger partial charge in [-0.25, -0.2) is 4.39 Å². The highest BCUT2D eigenvalue weighted by Gasteiger charge is 2.31. The fraction of sp³-hybridized carbons (Fsp3) is 0.392. The van der Waals surface area contributed by atoms with Crippen molar-refractivity contribution < 1.29 is 48.4 Å². The highest BCUT2D eigenvalue weighted by Crippen LogP contribution is 2.43. The average molecular weight is 1250 g/mol. The fourth-order valence-corrected chi connectivity index (χ4v) is 9.24. The molecule has 1 heterocycles. The van der Waals surface area contributed by atoms with Gasteiger partial charge in [0, 0.05) is 36.3 Å². The molecule has 12 heteroatoms. The van der Waals surface area contributed by atoms with Gasteiger partial charge in [-0.1, -0.05) is 210 Å². The summed E-state index contributed by atoms with van der Waals surface area (Å²) in [4.78, 5) is 47.3. The molecule has 0 aliphatic carbocycles. The van der Waals surface area contributed by atoms with E-state index >= 15 is 0 Å². The molecular weight excluding hydrogens is 1140 g/mol. The van der Waals surface area contributed by atoms with Gasteiger partial charge in [0.25, 0.3) is 5.91 Å². The Morgan fingerprint density at radius 2 is 0.934 bits per heavy atom. The number of anilines is 1. The molecule has 0 aliphatic rings. The maximum absolute atomic E-state index is 14.0. The van der Waals surface area contributed by atoms with Crippen LogP contribution in [0.5, 0.6) is 0 Å². The van der Waals surface area contributed by atoms with Gasteiger partial charge in [0.05, 0.1) is 43.1 Å². The van der Waals surface area contributed by atoms with Crippen LogP contribution >= 0.6 is 0 Å². The predicted molar refractivity (Wildman–Crippen MR) is 376 cm³/mol. The number of nitrogens with one attached hydrogen (secondary N) is 1. The van der Waals surface area contributed by atoms with Gasteiger partial charge in [-0.3, -0.25) is 19.2 Å². The number of carboxylic acid groups (broad SMARTS) is 1. The number of allylic oxidation sites excluding steroid dienone is 22. The Labute approximate surface area is 544 Å². The molecule has 4 N–H and O–H groups in total. The van der Waals surface area contributed by atoms with E-state index in [-0.39, 0.29) is 49.0 Å². The fourth-order valence-electron chi connectivity index (χ4n) is 9.24. The van der Waals surface area contributed by atoms with Crippen LogP contribution in [0.25, 0.3) is 22.4 Å². The zero-order valence-electron chi connectivity index (χ0n) is 55.2. The number of rotatable bonds is 41. The Morgan fingerprint density at radius 3 is 1.36 bits per heavy atom. The number of esters is 2. The maximum atomic E-state index is 14.0. The van der Waals surface area contributed by atoms with Crippen molar-refractivity contribution in [1.82, 2.24) is 4.57 Å². The van der Waals surface area contributed by atoms with Crippen LogP contribution in [0.1, 0.15) is 186 Å². The first-order valence-corrected chi connectivity index (χ1v) is 32.8. The lowest BCUT2D eigenvalue weighted by Gasteiger charge is -2.20. The minimum atomic E-state index is -1.18. The Balaban J connectivity index is 0.000000493. The molecule has 492 valence electrons. The molecule has 1 amide bonds. The number of hydrogen-bond acceptors (Lipinski definition) is 8. The summed E-state index contributed by atoms with van der Waals surface area (Å²) in [6, 6.07) is 24.8. The van der Waals surface area contributed by atoms with E-state index in [4.69, 9.17) is 14.6 Å². The van der Waals surface area contributed by atoms with E-state index in [9.17, 15) is 33.8 Å². The molecule has 91 heavy (non-hydrogen) atoms. The number of aliphatic hydroxyl groups excluding tert-OH is 2.